The van der Waals surface area contributed by atoms with Crippen molar-refractivity contribution in [2.24, 2.45) is 39.7 Å². The van der Waals surface area contributed by atoms with Crippen molar-refractivity contribution in [3.63, 3.8) is 0 Å². The van der Waals surface area contributed by atoms with Crippen molar-refractivity contribution in [1.29, 1.82) is 0 Å². The first-order valence-electron chi connectivity index (χ1n) is 21.8. The number of aromatic nitrogens is 4. The molecule has 24 nitrogen and oxygen atoms in total. The van der Waals surface area contributed by atoms with Gasteiger partial charge in [0.2, 0.25) is 23.2 Å². The Kier molecular flexibility index (Phi) is 18.8. The van der Waals surface area contributed by atoms with Gasteiger partial charge in [0.25, 0.3) is 17.1 Å². The molecule has 0 aliphatic carbocycles. The molecule has 0 spiro atoms. The Bertz CT molecular complexity index is 2890. The number of fused-ring (bicyclic) bond motifs is 1. The summed E-state index contributed by atoms with van der Waals surface area (Å²) in [6.07, 6.45) is 4.71. The van der Waals surface area contributed by atoms with Gasteiger partial charge in [0.05, 0.1) is 37.3 Å². The fourth-order valence-corrected chi connectivity index (χ4v) is 7.16. The predicted molar refractivity (Wildman–Crippen MR) is 261 cm³/mol. The van der Waals surface area contributed by atoms with E-state index in [9.17, 15) is 50.8 Å². The number of nitro groups is 3. The molecule has 0 bridgehead atoms. The van der Waals surface area contributed by atoms with Crippen LogP contribution in [0.1, 0.15) is 64.4 Å². The summed E-state index contributed by atoms with van der Waals surface area (Å²) >= 11 is 0. The molecule has 0 amide bonds. The quantitative estimate of drug-likeness (QED) is 0.0245. The van der Waals surface area contributed by atoms with Crippen LogP contribution in [0.4, 0.5) is 51.2 Å². The van der Waals surface area contributed by atoms with Crippen molar-refractivity contribution < 1.29 is 56.6 Å². The number of phenols is 2. The first kappa shape index (κ1) is 55.1. The van der Waals surface area contributed by atoms with Crippen molar-refractivity contribution in [2.75, 3.05) is 18.6 Å². The van der Waals surface area contributed by atoms with Gasteiger partial charge in [0, 0.05) is 85.9 Å². The van der Waals surface area contributed by atoms with Crippen molar-refractivity contribution >= 4 is 63.1 Å². The number of azo groups is 2. The van der Waals surface area contributed by atoms with Crippen molar-refractivity contribution in [1.82, 2.24) is 19.6 Å². The van der Waals surface area contributed by atoms with E-state index in [1.807, 2.05) is 27.1 Å². The maximum atomic E-state index is 10.8. The largest absolute Gasteiger partial charge is 0.506 e. The Hall–Kier alpha value is -8.45. The SMILES string of the molecule is CCCc1nn(C)c(O)c1N=Nc1cc([N+](=O)[O-])ccc1O.CCCc1nn(C)c(O)c1N=Nc1cc([N+](=O)[O-])ccc1O.CC[N+]1=C(/C=N/N(C)c2ccc([N+](=O)[O-])cc2)C(C)(C)c2ccccc21.[Co]. The number of nitrogens with zero attached hydrogens (tertiary/aromatic N) is 14. The number of hydrogen-bond donors (Lipinski definition) is 4. The van der Waals surface area contributed by atoms with E-state index in [0.717, 1.165) is 42.9 Å². The topological polar surface area (TPSA) is 314 Å². The van der Waals surface area contributed by atoms with Gasteiger partial charge >= 0.3 is 0 Å². The minimum absolute atomic E-state index is 0. The second kappa shape index (κ2) is 24.2. The number of nitro benzene ring substituents is 3. The maximum Gasteiger partial charge on any atom is 0.271 e. The monoisotopic (exact) mass is 1020 g/mol. The molecule has 1 aliphatic heterocycles. The Labute approximate surface area is 417 Å². The molecule has 4 aromatic carbocycles. The molecule has 4 N–H and O–H groups in total. The third-order valence-corrected chi connectivity index (χ3v) is 10.9. The van der Waals surface area contributed by atoms with E-state index < -0.39 is 14.8 Å². The van der Waals surface area contributed by atoms with E-state index in [1.165, 1.54) is 57.0 Å². The van der Waals surface area contributed by atoms with Gasteiger partial charge in [0.1, 0.15) is 35.6 Å². The summed E-state index contributed by atoms with van der Waals surface area (Å²) in [6.45, 7) is 11.3. The van der Waals surface area contributed by atoms with Gasteiger partial charge in [-0.25, -0.2) is 9.36 Å². The number of aromatic hydroxyl groups is 4. The molecule has 0 unspecified atom stereocenters. The molecule has 7 rings (SSSR count). The molecule has 375 valence electrons. The average molecular weight is 1020 g/mol. The molecule has 0 saturated heterocycles. The van der Waals surface area contributed by atoms with Gasteiger partial charge in [0.15, 0.2) is 11.4 Å². The smallest absolute Gasteiger partial charge is 0.271 e. The van der Waals surface area contributed by atoms with Gasteiger partial charge in [-0.1, -0.05) is 44.9 Å². The van der Waals surface area contributed by atoms with Crippen LogP contribution in [0.25, 0.3) is 0 Å². The molecule has 6 aromatic rings. The zero-order valence-electron chi connectivity index (χ0n) is 40.0. The number of non-ortho nitro benzene ring substituents is 3. The zero-order chi connectivity index (χ0) is 51.4. The Morgan fingerprint density at radius 2 is 1.11 bits per heavy atom. The van der Waals surface area contributed by atoms with Gasteiger partial charge in [-0.3, -0.25) is 35.4 Å². The van der Waals surface area contributed by atoms with Gasteiger partial charge < -0.3 is 20.4 Å². The number of hydrogen-bond acceptors (Lipinski definition) is 18. The standard InChI is InChI=1S/C20H23N4O2.2C13H15N5O4.Co/c1-5-23-18-9-7-6-8-17(18)20(2,3)19(23)14-21-22(4)15-10-12-16(13-11-15)24(25)26;2*1-3-4-9-12(13(20)17(2)16-9)15-14-10-7-8(18(21)22)5-6-11(10)19;/h6-14H,5H2,1-4H3;2*5-7,19-20H,3-4H2,1-2H3;/q+1;;;. The second-order valence-electron chi connectivity index (χ2n) is 16.1. The summed E-state index contributed by atoms with van der Waals surface area (Å²) in [5.41, 5.74) is 5.36. The average Bonchev–Trinajstić information content (AvgIpc) is 3.85. The summed E-state index contributed by atoms with van der Waals surface area (Å²) < 4.78 is 4.82. The summed E-state index contributed by atoms with van der Waals surface area (Å²) in [5, 5.41) is 101. The number of benzene rings is 4. The molecule has 3 heterocycles. The van der Waals surface area contributed by atoms with Crippen LogP contribution in [-0.2, 0) is 49.1 Å². The molecule has 71 heavy (non-hydrogen) atoms. The number of anilines is 1. The minimum atomic E-state index is -0.595. The van der Waals surface area contributed by atoms with Crippen LogP contribution in [0.2, 0.25) is 0 Å². The number of rotatable bonds is 15. The van der Waals surface area contributed by atoms with Crippen LogP contribution < -0.4 is 5.01 Å². The first-order chi connectivity index (χ1) is 33.2. The molecule has 1 radical (unpaired) electrons. The summed E-state index contributed by atoms with van der Waals surface area (Å²) in [7, 11) is 4.97. The molecular formula is C46H53CoN14O10+. The van der Waals surface area contributed by atoms with Crippen molar-refractivity contribution in [3.05, 3.63) is 132 Å². The fraction of sp³-hybridized carbons (Fsp3) is 0.304. The molecule has 0 atom stereocenters. The van der Waals surface area contributed by atoms with E-state index in [2.05, 4.69) is 85.4 Å². The van der Waals surface area contributed by atoms with E-state index in [1.54, 1.807) is 31.2 Å². The van der Waals surface area contributed by atoms with Gasteiger partial charge in [-0.05, 0) is 57.9 Å². The van der Waals surface area contributed by atoms with Crippen molar-refractivity contribution in [3.8, 4) is 23.3 Å². The predicted octanol–water partition coefficient (Wildman–Crippen LogP) is 10.3. The molecule has 0 fully saturated rings. The van der Waals surface area contributed by atoms with E-state index in [-0.39, 0.29) is 85.3 Å². The van der Waals surface area contributed by atoms with Crippen LogP contribution in [-0.4, -0.2) is 84.9 Å². The van der Waals surface area contributed by atoms with Crippen LogP contribution in [0.15, 0.2) is 110 Å². The summed E-state index contributed by atoms with van der Waals surface area (Å²) in [4.78, 5) is 30.7. The molecule has 2 aromatic heterocycles. The third-order valence-electron chi connectivity index (χ3n) is 10.9. The number of aryl methyl sites for hydroxylation is 4. The second-order valence-corrected chi connectivity index (χ2v) is 16.1. The van der Waals surface area contributed by atoms with Gasteiger partial charge in [-0.2, -0.15) is 19.9 Å². The zero-order valence-corrected chi connectivity index (χ0v) is 41.1. The van der Waals surface area contributed by atoms with Crippen LogP contribution in [0, 0.1) is 30.3 Å². The fourth-order valence-electron chi connectivity index (χ4n) is 7.16. The van der Waals surface area contributed by atoms with E-state index in [0.29, 0.717) is 24.2 Å². The Balaban J connectivity index is 0.000000231. The van der Waals surface area contributed by atoms with E-state index >= 15 is 0 Å². The normalized spacial score (nSPS) is 12.6. The maximum absolute atomic E-state index is 10.8. The Morgan fingerprint density at radius 1 is 0.676 bits per heavy atom. The van der Waals surface area contributed by atoms with Crippen LogP contribution in [0.5, 0.6) is 23.3 Å². The van der Waals surface area contributed by atoms with E-state index in [4.69, 9.17) is 0 Å². The Morgan fingerprint density at radius 3 is 1.54 bits per heavy atom. The molecular weight excluding hydrogens is 968 g/mol. The molecule has 0 saturated carbocycles. The minimum Gasteiger partial charge on any atom is -0.506 e. The summed E-state index contributed by atoms with van der Waals surface area (Å²) in [5.74, 6) is -0.793. The molecule has 25 heteroatoms. The van der Waals surface area contributed by atoms with Crippen LogP contribution in [0.3, 0.4) is 0 Å². The summed E-state index contributed by atoms with van der Waals surface area (Å²) in [6, 6.07) is 21.7. The molecule has 1 aliphatic rings. The number of para-hydroxylation sites is 1. The van der Waals surface area contributed by atoms with Crippen LogP contribution >= 0.6 is 0 Å². The first-order valence-corrected chi connectivity index (χ1v) is 21.8. The number of hydrazone groups is 1. The number of phenolic OH excluding ortho intramolecular Hbond substituents is 2. The third kappa shape index (κ3) is 13.0. The van der Waals surface area contributed by atoms with Crippen molar-refractivity contribution in [2.45, 2.75) is 65.7 Å². The van der Waals surface area contributed by atoms with Gasteiger partial charge in [-0.15, -0.1) is 20.5 Å².